The molecule has 1 aliphatic rings. The van der Waals surface area contributed by atoms with E-state index in [2.05, 4.69) is 20.2 Å². The Morgan fingerprint density at radius 1 is 1.67 bits per heavy atom. The molecule has 1 unspecified atom stereocenters. The fraction of sp³-hybridized carbons (Fsp3) is 0.583. The summed E-state index contributed by atoms with van der Waals surface area (Å²) in [5.74, 6) is -0.168. The van der Waals surface area contributed by atoms with Gasteiger partial charge in [0.1, 0.15) is 12.4 Å². The average molecular weight is 250 g/mol. The summed E-state index contributed by atoms with van der Waals surface area (Å²) < 4.78 is 5.10. The van der Waals surface area contributed by atoms with Crippen LogP contribution in [0.5, 0.6) is 0 Å². The summed E-state index contributed by atoms with van der Waals surface area (Å²) >= 11 is 0. The van der Waals surface area contributed by atoms with Crippen LogP contribution in [0.1, 0.15) is 12.6 Å². The summed E-state index contributed by atoms with van der Waals surface area (Å²) in [6, 6.07) is 1.64. The normalized spacial score (nSPS) is 20.6. The molecule has 1 aromatic rings. The molecular formula is C12H18N4O2. The van der Waals surface area contributed by atoms with Crippen LogP contribution in [-0.2, 0) is 16.1 Å². The van der Waals surface area contributed by atoms with E-state index < -0.39 is 0 Å². The van der Waals surface area contributed by atoms with Crippen molar-refractivity contribution in [1.29, 1.82) is 0 Å². The van der Waals surface area contributed by atoms with Gasteiger partial charge in [-0.15, -0.1) is 0 Å². The van der Waals surface area contributed by atoms with Gasteiger partial charge >= 0.3 is 5.97 Å². The van der Waals surface area contributed by atoms with Crippen LogP contribution < -0.4 is 5.32 Å². The lowest BCUT2D eigenvalue weighted by molar-refractivity contribution is -0.150. The van der Waals surface area contributed by atoms with Gasteiger partial charge in [-0.25, -0.2) is 9.97 Å². The number of carbonyl (C=O) groups excluding carboxylic acids is 1. The molecule has 6 nitrogen and oxygen atoms in total. The second kappa shape index (κ2) is 6.42. The van der Waals surface area contributed by atoms with Crippen molar-refractivity contribution in [2.45, 2.75) is 19.5 Å². The van der Waals surface area contributed by atoms with Crippen molar-refractivity contribution in [3.63, 3.8) is 0 Å². The van der Waals surface area contributed by atoms with Crippen LogP contribution >= 0.6 is 0 Å². The van der Waals surface area contributed by atoms with Crippen molar-refractivity contribution in [3.8, 4) is 0 Å². The van der Waals surface area contributed by atoms with Crippen LogP contribution in [0.4, 0.5) is 0 Å². The van der Waals surface area contributed by atoms with Gasteiger partial charge in [-0.05, 0) is 13.0 Å². The van der Waals surface area contributed by atoms with Crippen molar-refractivity contribution in [1.82, 2.24) is 20.2 Å². The van der Waals surface area contributed by atoms with Crippen LogP contribution in [0, 0.1) is 0 Å². The Morgan fingerprint density at radius 3 is 3.28 bits per heavy atom. The highest BCUT2D eigenvalue weighted by Crippen LogP contribution is 2.09. The number of ether oxygens (including phenoxy) is 1. The predicted molar refractivity (Wildman–Crippen MR) is 65.7 cm³/mol. The number of hydrogen-bond donors (Lipinski definition) is 1. The van der Waals surface area contributed by atoms with E-state index in [4.69, 9.17) is 4.74 Å². The first-order chi connectivity index (χ1) is 8.81. The van der Waals surface area contributed by atoms with Crippen molar-refractivity contribution in [2.24, 2.45) is 0 Å². The lowest BCUT2D eigenvalue weighted by atomic mass is 10.2. The molecule has 1 aromatic heterocycles. The van der Waals surface area contributed by atoms with Crippen molar-refractivity contribution in [3.05, 3.63) is 24.3 Å². The minimum atomic E-state index is -0.228. The monoisotopic (exact) mass is 250 g/mol. The standard InChI is InChI=1S/C12H18N4O2/c1-2-18-12(17)11-7-13-5-6-16(11)8-10-3-4-14-9-15-10/h3-4,9,11,13H,2,5-8H2,1H3. The summed E-state index contributed by atoms with van der Waals surface area (Å²) in [6.07, 6.45) is 3.24. The first kappa shape index (κ1) is 12.9. The van der Waals surface area contributed by atoms with Crippen LogP contribution in [0.25, 0.3) is 0 Å². The molecule has 0 radical (unpaired) electrons. The Balaban J connectivity index is 2.01. The molecule has 0 saturated carbocycles. The molecule has 2 heterocycles. The Hall–Kier alpha value is -1.53. The maximum absolute atomic E-state index is 11.9. The lowest BCUT2D eigenvalue weighted by Crippen LogP contribution is -2.54. The highest BCUT2D eigenvalue weighted by Gasteiger charge is 2.29. The first-order valence-electron chi connectivity index (χ1n) is 6.17. The third-order valence-electron chi connectivity index (χ3n) is 2.92. The summed E-state index contributed by atoms with van der Waals surface area (Å²) in [5.41, 5.74) is 0.918. The molecular weight excluding hydrogens is 232 g/mol. The van der Waals surface area contributed by atoms with E-state index in [1.165, 1.54) is 6.33 Å². The number of nitrogens with one attached hydrogen (secondary N) is 1. The highest BCUT2D eigenvalue weighted by molar-refractivity contribution is 5.76. The Kier molecular flexibility index (Phi) is 4.60. The van der Waals surface area contributed by atoms with Crippen molar-refractivity contribution in [2.75, 3.05) is 26.2 Å². The van der Waals surface area contributed by atoms with Gasteiger partial charge in [0.05, 0.1) is 12.3 Å². The van der Waals surface area contributed by atoms with E-state index in [-0.39, 0.29) is 12.0 Å². The number of rotatable bonds is 4. The maximum Gasteiger partial charge on any atom is 0.324 e. The van der Waals surface area contributed by atoms with E-state index in [0.29, 0.717) is 19.7 Å². The molecule has 0 bridgehead atoms. The van der Waals surface area contributed by atoms with Crippen LogP contribution in [-0.4, -0.2) is 53.1 Å². The van der Waals surface area contributed by atoms with Gasteiger partial charge in [-0.3, -0.25) is 9.69 Å². The molecule has 6 heteroatoms. The van der Waals surface area contributed by atoms with E-state index in [1.807, 2.05) is 13.0 Å². The Labute approximate surface area is 106 Å². The molecule has 98 valence electrons. The third kappa shape index (κ3) is 3.24. The van der Waals surface area contributed by atoms with Gasteiger partial charge < -0.3 is 10.1 Å². The summed E-state index contributed by atoms with van der Waals surface area (Å²) in [7, 11) is 0. The maximum atomic E-state index is 11.9. The molecule has 1 aliphatic heterocycles. The molecule has 1 saturated heterocycles. The zero-order valence-electron chi connectivity index (χ0n) is 10.5. The summed E-state index contributed by atoms with van der Waals surface area (Å²) in [4.78, 5) is 22.0. The smallest absolute Gasteiger partial charge is 0.324 e. The van der Waals surface area contributed by atoms with Gasteiger partial charge in [0, 0.05) is 32.4 Å². The summed E-state index contributed by atoms with van der Waals surface area (Å²) in [6.45, 7) is 5.20. The third-order valence-corrected chi connectivity index (χ3v) is 2.92. The highest BCUT2D eigenvalue weighted by atomic mass is 16.5. The second-order valence-electron chi connectivity index (χ2n) is 4.14. The number of esters is 1. The summed E-state index contributed by atoms with van der Waals surface area (Å²) in [5, 5.41) is 3.21. The minimum Gasteiger partial charge on any atom is -0.465 e. The molecule has 0 aliphatic carbocycles. The first-order valence-corrected chi connectivity index (χ1v) is 6.17. The molecule has 1 fully saturated rings. The van der Waals surface area contributed by atoms with Gasteiger partial charge in [0.15, 0.2) is 0 Å². The molecule has 2 rings (SSSR count). The molecule has 0 aromatic carbocycles. The molecule has 1 atom stereocenters. The topological polar surface area (TPSA) is 67.3 Å². The zero-order chi connectivity index (χ0) is 12.8. The SMILES string of the molecule is CCOC(=O)C1CNCCN1Cc1ccncn1. The van der Waals surface area contributed by atoms with Gasteiger partial charge in [0.2, 0.25) is 0 Å². The fourth-order valence-corrected chi connectivity index (χ4v) is 2.03. The second-order valence-corrected chi connectivity index (χ2v) is 4.14. The Bertz CT molecular complexity index is 385. The number of nitrogens with zero attached hydrogens (tertiary/aromatic N) is 3. The van der Waals surface area contributed by atoms with E-state index in [0.717, 1.165) is 18.8 Å². The van der Waals surface area contributed by atoms with E-state index >= 15 is 0 Å². The van der Waals surface area contributed by atoms with Crippen LogP contribution in [0.3, 0.4) is 0 Å². The van der Waals surface area contributed by atoms with Crippen molar-refractivity contribution < 1.29 is 9.53 Å². The number of aromatic nitrogens is 2. The molecule has 18 heavy (non-hydrogen) atoms. The minimum absolute atomic E-state index is 0.168. The van der Waals surface area contributed by atoms with Crippen LogP contribution in [0.2, 0.25) is 0 Å². The van der Waals surface area contributed by atoms with E-state index in [1.54, 1.807) is 6.20 Å². The van der Waals surface area contributed by atoms with Gasteiger partial charge in [0.25, 0.3) is 0 Å². The lowest BCUT2D eigenvalue weighted by Gasteiger charge is -2.34. The zero-order valence-corrected chi connectivity index (χ0v) is 10.5. The molecule has 0 amide bonds. The molecule has 0 spiro atoms. The van der Waals surface area contributed by atoms with Crippen molar-refractivity contribution >= 4 is 5.97 Å². The fourth-order valence-electron chi connectivity index (χ4n) is 2.03. The molecule has 1 N–H and O–H groups in total. The number of carbonyl (C=O) groups is 1. The van der Waals surface area contributed by atoms with E-state index in [9.17, 15) is 4.79 Å². The average Bonchev–Trinajstić information content (AvgIpc) is 2.41. The van der Waals surface area contributed by atoms with Crippen LogP contribution in [0.15, 0.2) is 18.6 Å². The predicted octanol–water partition coefficient (Wildman–Crippen LogP) is -0.186. The van der Waals surface area contributed by atoms with Gasteiger partial charge in [-0.1, -0.05) is 0 Å². The largest absolute Gasteiger partial charge is 0.465 e. The van der Waals surface area contributed by atoms with Gasteiger partial charge in [-0.2, -0.15) is 0 Å². The Morgan fingerprint density at radius 2 is 2.56 bits per heavy atom. The number of piperazine rings is 1. The number of hydrogen-bond acceptors (Lipinski definition) is 6. The quantitative estimate of drug-likeness (QED) is 0.747.